The molecule has 152 valence electrons. The zero-order valence-corrected chi connectivity index (χ0v) is 16.7. The van der Waals surface area contributed by atoms with Gasteiger partial charge in [0.05, 0.1) is 6.42 Å². The van der Waals surface area contributed by atoms with E-state index in [9.17, 15) is 14.4 Å². The highest BCUT2D eigenvalue weighted by Crippen LogP contribution is 2.22. The molecule has 3 aromatic rings. The number of nitrogens with zero attached hydrogens (tertiary/aromatic N) is 1. The fraction of sp³-hybridized carbons (Fsp3) is 0.208. The van der Waals surface area contributed by atoms with E-state index in [-0.39, 0.29) is 6.42 Å². The molecular formula is C24H23N3O3. The molecular weight excluding hydrogens is 378 g/mol. The van der Waals surface area contributed by atoms with Crippen LogP contribution in [-0.4, -0.2) is 28.4 Å². The number of carbonyl (C=O) groups excluding carboxylic acids is 3. The van der Waals surface area contributed by atoms with Crippen LogP contribution in [-0.2, 0) is 22.4 Å². The number of benzene rings is 3. The van der Waals surface area contributed by atoms with Crippen molar-refractivity contribution in [2.24, 2.45) is 0 Å². The highest BCUT2D eigenvalue weighted by molar-refractivity contribution is 6.07. The maximum absolute atomic E-state index is 12.8. The molecule has 1 atom stereocenters. The number of carbonyl (C=O) groups is 3. The van der Waals surface area contributed by atoms with E-state index < -0.39 is 23.4 Å². The van der Waals surface area contributed by atoms with Gasteiger partial charge in [0.15, 0.2) is 0 Å². The Balaban J connectivity index is 1.40. The van der Waals surface area contributed by atoms with Gasteiger partial charge in [0.25, 0.3) is 5.91 Å². The van der Waals surface area contributed by atoms with E-state index in [2.05, 4.69) is 10.7 Å². The Labute approximate surface area is 174 Å². The van der Waals surface area contributed by atoms with Crippen LogP contribution in [0.4, 0.5) is 4.79 Å². The first-order valence-electron chi connectivity index (χ1n) is 9.92. The van der Waals surface area contributed by atoms with Crippen molar-refractivity contribution in [1.29, 1.82) is 0 Å². The van der Waals surface area contributed by atoms with Crippen LogP contribution >= 0.6 is 0 Å². The van der Waals surface area contributed by atoms with Crippen LogP contribution in [0.1, 0.15) is 24.5 Å². The molecule has 1 heterocycles. The summed E-state index contributed by atoms with van der Waals surface area (Å²) in [6.45, 7) is 1.69. The summed E-state index contributed by atoms with van der Waals surface area (Å²) in [6.07, 6.45) is 1.16. The van der Waals surface area contributed by atoms with Crippen LogP contribution in [0, 0.1) is 0 Å². The topological polar surface area (TPSA) is 78.5 Å². The second-order valence-electron chi connectivity index (χ2n) is 7.78. The molecule has 1 unspecified atom stereocenters. The average Bonchev–Trinajstić information content (AvgIpc) is 2.96. The van der Waals surface area contributed by atoms with E-state index in [0.717, 1.165) is 26.9 Å². The van der Waals surface area contributed by atoms with Gasteiger partial charge in [-0.2, -0.15) is 5.01 Å². The summed E-state index contributed by atoms with van der Waals surface area (Å²) in [7, 11) is 0. The molecule has 1 fully saturated rings. The van der Waals surface area contributed by atoms with E-state index in [1.54, 1.807) is 6.92 Å². The predicted molar refractivity (Wildman–Crippen MR) is 114 cm³/mol. The Morgan fingerprint density at radius 2 is 1.63 bits per heavy atom. The smallest absolute Gasteiger partial charge is 0.322 e. The fourth-order valence-electron chi connectivity index (χ4n) is 3.69. The first kappa shape index (κ1) is 19.6. The van der Waals surface area contributed by atoms with E-state index >= 15 is 0 Å². The van der Waals surface area contributed by atoms with Crippen LogP contribution < -0.4 is 10.7 Å². The van der Waals surface area contributed by atoms with Gasteiger partial charge in [0.1, 0.15) is 5.54 Å². The number of urea groups is 1. The lowest BCUT2D eigenvalue weighted by Gasteiger charge is -2.21. The van der Waals surface area contributed by atoms with E-state index in [4.69, 9.17) is 0 Å². The Hall–Kier alpha value is -3.67. The van der Waals surface area contributed by atoms with Crippen LogP contribution in [0.5, 0.6) is 0 Å². The molecule has 30 heavy (non-hydrogen) atoms. The van der Waals surface area contributed by atoms with Gasteiger partial charge in [0.2, 0.25) is 5.91 Å². The summed E-state index contributed by atoms with van der Waals surface area (Å²) in [4.78, 5) is 37.7. The largest absolute Gasteiger partial charge is 0.344 e. The summed E-state index contributed by atoms with van der Waals surface area (Å²) in [6, 6.07) is 22.8. The van der Waals surface area contributed by atoms with Gasteiger partial charge in [-0.25, -0.2) is 4.79 Å². The molecule has 3 aromatic carbocycles. The molecule has 4 amide bonds. The fourth-order valence-corrected chi connectivity index (χ4v) is 3.69. The van der Waals surface area contributed by atoms with Crippen molar-refractivity contribution in [3.8, 4) is 0 Å². The molecule has 1 aliphatic heterocycles. The Morgan fingerprint density at radius 3 is 2.40 bits per heavy atom. The molecule has 0 aromatic heterocycles. The zero-order chi connectivity index (χ0) is 21.1. The minimum Gasteiger partial charge on any atom is -0.322 e. The Bertz CT molecular complexity index is 1110. The summed E-state index contributed by atoms with van der Waals surface area (Å²) >= 11 is 0. The number of rotatable bonds is 6. The van der Waals surface area contributed by atoms with Crippen LogP contribution in [0.25, 0.3) is 10.8 Å². The number of hydrogen-bond acceptors (Lipinski definition) is 3. The number of hydrogen-bond donors (Lipinski definition) is 2. The average molecular weight is 401 g/mol. The number of aryl methyl sites for hydroxylation is 1. The standard InChI is InChI=1S/C24H23N3O3/c1-24(14-13-17-7-3-2-4-8-17)22(29)27(23(30)25-24)26-21(28)16-18-11-12-19-9-5-6-10-20(19)15-18/h2-12,15H,13-14,16H2,1H3,(H,25,30)(H,26,28). The quantitative estimate of drug-likeness (QED) is 0.622. The van der Waals surface area contributed by atoms with Gasteiger partial charge < -0.3 is 5.32 Å². The van der Waals surface area contributed by atoms with Crippen LogP contribution in [0.2, 0.25) is 0 Å². The van der Waals surface area contributed by atoms with E-state index in [1.165, 1.54) is 0 Å². The SMILES string of the molecule is CC1(CCc2ccccc2)NC(=O)N(NC(=O)Cc2ccc3ccccc3c2)C1=O. The first-order chi connectivity index (χ1) is 14.4. The van der Waals surface area contributed by atoms with Gasteiger partial charge in [-0.3, -0.25) is 15.0 Å². The Morgan fingerprint density at radius 1 is 0.933 bits per heavy atom. The summed E-state index contributed by atoms with van der Waals surface area (Å²) in [5.74, 6) is -0.864. The van der Waals surface area contributed by atoms with Crippen molar-refractivity contribution in [3.05, 3.63) is 83.9 Å². The molecule has 6 heteroatoms. The van der Waals surface area contributed by atoms with Gasteiger partial charge in [-0.05, 0) is 41.7 Å². The van der Waals surface area contributed by atoms with Gasteiger partial charge in [-0.1, -0.05) is 72.8 Å². The number of fused-ring (bicyclic) bond motifs is 1. The van der Waals surface area contributed by atoms with Gasteiger partial charge in [0, 0.05) is 0 Å². The maximum atomic E-state index is 12.8. The third kappa shape index (κ3) is 4.03. The van der Waals surface area contributed by atoms with Crippen molar-refractivity contribution in [2.75, 3.05) is 0 Å². The lowest BCUT2D eigenvalue weighted by Crippen LogP contribution is -2.49. The number of nitrogens with one attached hydrogen (secondary N) is 2. The summed E-state index contributed by atoms with van der Waals surface area (Å²) < 4.78 is 0. The predicted octanol–water partition coefficient (Wildman–Crippen LogP) is 3.36. The number of imide groups is 1. The number of amides is 4. The minimum atomic E-state index is -1.05. The van der Waals surface area contributed by atoms with Crippen molar-refractivity contribution in [3.63, 3.8) is 0 Å². The second kappa shape index (κ2) is 7.99. The monoisotopic (exact) mass is 401 g/mol. The zero-order valence-electron chi connectivity index (χ0n) is 16.7. The molecule has 0 bridgehead atoms. The van der Waals surface area contributed by atoms with Crippen LogP contribution in [0.3, 0.4) is 0 Å². The van der Waals surface area contributed by atoms with E-state index in [0.29, 0.717) is 12.8 Å². The lowest BCUT2D eigenvalue weighted by atomic mass is 9.93. The first-order valence-corrected chi connectivity index (χ1v) is 9.92. The highest BCUT2D eigenvalue weighted by Gasteiger charge is 2.48. The summed E-state index contributed by atoms with van der Waals surface area (Å²) in [5, 5.41) is 5.64. The number of hydrazine groups is 1. The van der Waals surface area contributed by atoms with Crippen molar-refractivity contribution < 1.29 is 14.4 Å². The molecule has 1 saturated heterocycles. The van der Waals surface area contributed by atoms with E-state index in [1.807, 2.05) is 72.8 Å². The maximum Gasteiger partial charge on any atom is 0.344 e. The Kier molecular flexibility index (Phi) is 5.23. The van der Waals surface area contributed by atoms with Crippen molar-refractivity contribution in [1.82, 2.24) is 15.8 Å². The third-order valence-electron chi connectivity index (χ3n) is 5.43. The molecule has 6 nitrogen and oxygen atoms in total. The normalized spacial score (nSPS) is 18.5. The van der Waals surface area contributed by atoms with Crippen LogP contribution in [0.15, 0.2) is 72.8 Å². The van der Waals surface area contributed by atoms with Crippen molar-refractivity contribution in [2.45, 2.75) is 31.7 Å². The molecule has 2 N–H and O–H groups in total. The minimum absolute atomic E-state index is 0.0720. The molecule has 0 spiro atoms. The highest BCUT2D eigenvalue weighted by atomic mass is 16.2. The lowest BCUT2D eigenvalue weighted by molar-refractivity contribution is -0.138. The van der Waals surface area contributed by atoms with Gasteiger partial charge >= 0.3 is 6.03 Å². The molecule has 0 radical (unpaired) electrons. The van der Waals surface area contributed by atoms with Crippen molar-refractivity contribution >= 4 is 28.6 Å². The molecule has 0 saturated carbocycles. The molecule has 1 aliphatic rings. The molecule has 4 rings (SSSR count). The second-order valence-corrected chi connectivity index (χ2v) is 7.78. The van der Waals surface area contributed by atoms with Gasteiger partial charge in [-0.15, -0.1) is 0 Å². The molecule has 0 aliphatic carbocycles. The third-order valence-corrected chi connectivity index (χ3v) is 5.43. The summed E-state index contributed by atoms with van der Waals surface area (Å²) in [5.41, 5.74) is 3.30.